The van der Waals surface area contributed by atoms with Crippen molar-refractivity contribution in [2.45, 2.75) is 54.6 Å². The van der Waals surface area contributed by atoms with Gasteiger partial charge in [0.25, 0.3) is 10.1 Å². The Morgan fingerprint density at radius 3 is 1.75 bits per heavy atom. The van der Waals surface area contributed by atoms with Crippen molar-refractivity contribution >= 4 is 45.6 Å². The zero-order chi connectivity index (χ0) is 36.0. The molecule has 0 amide bonds. The predicted octanol–water partition coefficient (Wildman–Crippen LogP) is 5.01. The third kappa shape index (κ3) is 8.86. The number of aliphatic imine (C=N–C) groups is 2. The van der Waals surface area contributed by atoms with E-state index in [0.29, 0.717) is 12.1 Å². The Labute approximate surface area is 317 Å². The number of nitrogens with zero attached hydrogens (tertiary/aromatic N) is 4. The number of benzene rings is 3. The molecule has 4 aliphatic rings. The first kappa shape index (κ1) is 36.9. The van der Waals surface area contributed by atoms with Crippen LogP contribution in [0.3, 0.4) is 0 Å². The second-order valence-corrected chi connectivity index (χ2v) is 18.0. The van der Waals surface area contributed by atoms with Crippen molar-refractivity contribution in [3.63, 3.8) is 0 Å². The van der Waals surface area contributed by atoms with Crippen molar-refractivity contribution in [1.82, 2.24) is 20.4 Å². The third-order valence-corrected chi connectivity index (χ3v) is 13.8. The molecule has 0 unspecified atom stereocenters. The summed E-state index contributed by atoms with van der Waals surface area (Å²) in [6, 6.07) is 31.1. The van der Waals surface area contributed by atoms with Gasteiger partial charge in [-0.3, -0.25) is 4.18 Å². The maximum atomic E-state index is 11.5. The highest BCUT2D eigenvalue weighted by atomic mass is 32.2. The molecule has 7 rings (SSSR count). The Bertz CT molecular complexity index is 1760. The molecule has 52 heavy (non-hydrogen) atoms. The van der Waals surface area contributed by atoms with E-state index < -0.39 is 14.9 Å². The molecule has 4 atom stereocenters. The molecule has 0 radical (unpaired) electrons. The van der Waals surface area contributed by atoms with Gasteiger partial charge in [-0.25, -0.2) is 9.98 Å². The fourth-order valence-corrected chi connectivity index (χ4v) is 10.7. The molecule has 10 nitrogen and oxygen atoms in total. The number of rotatable bonds is 14. The van der Waals surface area contributed by atoms with E-state index in [1.807, 2.05) is 23.5 Å². The van der Waals surface area contributed by atoms with Crippen molar-refractivity contribution in [3.05, 3.63) is 102 Å². The minimum absolute atomic E-state index is 0.106. The van der Waals surface area contributed by atoms with Crippen LogP contribution in [-0.4, -0.2) is 118 Å². The van der Waals surface area contributed by atoms with E-state index in [9.17, 15) is 8.42 Å². The van der Waals surface area contributed by atoms with Crippen LogP contribution in [0.1, 0.15) is 42.4 Å². The number of fused-ring (bicyclic) bond motifs is 2. The highest BCUT2D eigenvalue weighted by molar-refractivity contribution is 8.00. The summed E-state index contributed by atoms with van der Waals surface area (Å²) in [7, 11) is -1.75. The second-order valence-electron chi connectivity index (χ2n) is 14.0. The van der Waals surface area contributed by atoms with E-state index >= 15 is 0 Å². The van der Waals surface area contributed by atoms with Crippen molar-refractivity contribution in [2.24, 2.45) is 9.98 Å². The molecule has 13 heteroatoms. The van der Waals surface area contributed by atoms with Crippen LogP contribution in [0.4, 0.5) is 0 Å². The van der Waals surface area contributed by atoms with E-state index in [-0.39, 0.29) is 18.7 Å². The Balaban J connectivity index is 0.985. The Morgan fingerprint density at radius 2 is 1.21 bits per heavy atom. The molecule has 2 saturated heterocycles. The highest BCUT2D eigenvalue weighted by Crippen LogP contribution is 2.49. The molecule has 278 valence electrons. The highest BCUT2D eigenvalue weighted by Gasteiger charge is 2.39. The van der Waals surface area contributed by atoms with Crippen LogP contribution in [-0.2, 0) is 19.0 Å². The molecule has 0 bridgehead atoms. The molecule has 4 heterocycles. The summed E-state index contributed by atoms with van der Waals surface area (Å²) in [5.74, 6) is 5.70. The van der Waals surface area contributed by atoms with Crippen LogP contribution < -0.4 is 15.4 Å². The molecule has 0 spiro atoms. The van der Waals surface area contributed by atoms with Crippen LogP contribution >= 0.6 is 23.5 Å². The van der Waals surface area contributed by atoms with E-state index in [4.69, 9.17) is 18.9 Å². The fourth-order valence-electron chi connectivity index (χ4n) is 7.47. The van der Waals surface area contributed by atoms with E-state index in [0.717, 1.165) is 93.0 Å². The SMILES string of the molecule is COc1ccc(C(SC[C@H]2CCN3CC[C@H](CSC[C@H]4CCN5CC[C@H](COS(C)(=O)=O)N=C5N4)NC3=N2)(c2ccccc2)c2ccccc2)cc1. The number of hydrogen-bond acceptors (Lipinski definition) is 12. The van der Waals surface area contributed by atoms with Crippen molar-refractivity contribution in [2.75, 3.05) is 63.4 Å². The fraction of sp³-hybridized carbons (Fsp3) is 0.487. The first-order valence-corrected chi connectivity index (χ1v) is 22.2. The topological polar surface area (TPSA) is 108 Å². The third-order valence-electron chi connectivity index (χ3n) is 10.3. The normalized spacial score (nSPS) is 23.3. The Kier molecular flexibility index (Phi) is 11.9. The summed E-state index contributed by atoms with van der Waals surface area (Å²) in [5, 5.41) is 7.45. The zero-order valence-electron chi connectivity index (χ0n) is 30.0. The standard InChI is InChI=1S/C39H50N6O4S3/c1-48-36-15-13-31(14-16-36)39(29-9-5-3-6-10-29,30-11-7-4-8-12-30)51-28-35-20-24-45-23-19-34(42-38(45)43-35)27-50-26-33-18-22-44-21-17-32(40-37(44)41-33)25-49-52(2,46)47/h3-16,32-35H,17-28H2,1-2H3,(H,40,41)(H,42,43)/t32-,33-,34-,35-/m1/s1. The molecule has 0 saturated carbocycles. The van der Waals surface area contributed by atoms with Gasteiger partial charge < -0.3 is 25.2 Å². The molecular weight excluding hydrogens is 713 g/mol. The summed E-state index contributed by atoms with van der Waals surface area (Å²) in [5.41, 5.74) is 3.74. The monoisotopic (exact) mass is 762 g/mol. The molecule has 2 N–H and O–H groups in total. The lowest BCUT2D eigenvalue weighted by Gasteiger charge is -2.41. The molecule has 3 aromatic carbocycles. The van der Waals surface area contributed by atoms with Crippen molar-refractivity contribution < 1.29 is 17.3 Å². The largest absolute Gasteiger partial charge is 0.497 e. The summed E-state index contributed by atoms with van der Waals surface area (Å²) in [6.07, 6.45) is 5.10. The first-order chi connectivity index (χ1) is 25.3. The number of hydrogen-bond donors (Lipinski definition) is 2. The lowest BCUT2D eigenvalue weighted by molar-refractivity contribution is 0.246. The molecule has 4 aliphatic heterocycles. The zero-order valence-corrected chi connectivity index (χ0v) is 32.5. The second kappa shape index (κ2) is 16.7. The molecule has 2 fully saturated rings. The Hall–Kier alpha value is -3.39. The molecule has 0 aliphatic carbocycles. The maximum absolute atomic E-state index is 11.5. The van der Waals surface area contributed by atoms with Gasteiger partial charge in [-0.15, -0.1) is 11.8 Å². The van der Waals surface area contributed by atoms with E-state index in [2.05, 4.69) is 105 Å². The average molecular weight is 763 g/mol. The smallest absolute Gasteiger partial charge is 0.264 e. The predicted molar refractivity (Wildman–Crippen MR) is 214 cm³/mol. The average Bonchev–Trinajstić information content (AvgIpc) is 3.18. The molecular formula is C39H50N6O4S3. The van der Waals surface area contributed by atoms with Crippen LogP contribution in [0.25, 0.3) is 0 Å². The van der Waals surface area contributed by atoms with Crippen molar-refractivity contribution in [3.8, 4) is 5.75 Å². The number of guanidine groups is 2. The molecule has 0 aromatic heterocycles. The maximum Gasteiger partial charge on any atom is 0.264 e. The van der Waals surface area contributed by atoms with Crippen LogP contribution in [0.5, 0.6) is 5.75 Å². The van der Waals surface area contributed by atoms with Crippen LogP contribution in [0, 0.1) is 0 Å². The van der Waals surface area contributed by atoms with Gasteiger partial charge in [-0.05, 0) is 54.5 Å². The number of thioether (sulfide) groups is 2. The first-order valence-electron chi connectivity index (χ1n) is 18.3. The van der Waals surface area contributed by atoms with Gasteiger partial charge in [0.1, 0.15) is 5.75 Å². The summed E-state index contributed by atoms with van der Waals surface area (Å²) < 4.78 is 33.1. The van der Waals surface area contributed by atoms with E-state index in [1.165, 1.54) is 16.7 Å². The van der Waals surface area contributed by atoms with Crippen molar-refractivity contribution in [1.29, 1.82) is 0 Å². The lowest BCUT2D eigenvalue weighted by Crippen LogP contribution is -2.57. The lowest BCUT2D eigenvalue weighted by atomic mass is 9.84. The van der Waals surface area contributed by atoms with Gasteiger partial charge in [0, 0.05) is 55.5 Å². The number of nitrogens with one attached hydrogen (secondary N) is 2. The molecule has 3 aromatic rings. The van der Waals surface area contributed by atoms with Crippen LogP contribution in [0.2, 0.25) is 0 Å². The minimum atomic E-state index is -3.47. The van der Waals surface area contributed by atoms with Gasteiger partial charge in [0.05, 0.1) is 36.8 Å². The van der Waals surface area contributed by atoms with Gasteiger partial charge in [0.15, 0.2) is 11.9 Å². The summed E-state index contributed by atoms with van der Waals surface area (Å²) >= 11 is 3.96. The van der Waals surface area contributed by atoms with Crippen LogP contribution in [0.15, 0.2) is 94.9 Å². The quantitative estimate of drug-likeness (QED) is 0.172. The summed E-state index contributed by atoms with van der Waals surface area (Å²) in [4.78, 5) is 14.8. The van der Waals surface area contributed by atoms with Gasteiger partial charge in [-0.2, -0.15) is 20.2 Å². The minimum Gasteiger partial charge on any atom is -0.497 e. The van der Waals surface area contributed by atoms with Gasteiger partial charge >= 0.3 is 0 Å². The summed E-state index contributed by atoms with van der Waals surface area (Å²) in [6.45, 7) is 4.00. The number of methoxy groups -OCH3 is 1. The number of ether oxygens (including phenoxy) is 1. The van der Waals surface area contributed by atoms with Gasteiger partial charge in [-0.1, -0.05) is 72.8 Å². The Morgan fingerprint density at radius 1 is 0.712 bits per heavy atom. The van der Waals surface area contributed by atoms with E-state index in [1.54, 1.807) is 7.11 Å². The van der Waals surface area contributed by atoms with Gasteiger partial charge in [0.2, 0.25) is 0 Å².